The minimum Gasteiger partial charge on any atom is -0.393 e. The van der Waals surface area contributed by atoms with Gasteiger partial charge in [-0.25, -0.2) is 5.21 Å². The molecule has 1 aromatic carbocycles. The standard InChI is InChI=1S/C6H6N3O4/c7-5-2-1-4(8(10)11)3-6(5)9(12)13/h1-3H,7H2,(H,10,11)/q+1. The number of nitro groups is 1. The van der Waals surface area contributed by atoms with Crippen molar-refractivity contribution in [1.82, 2.24) is 0 Å². The molecule has 0 aliphatic rings. The van der Waals surface area contributed by atoms with E-state index in [1.54, 1.807) is 0 Å². The third-order valence-electron chi connectivity index (χ3n) is 1.43. The summed E-state index contributed by atoms with van der Waals surface area (Å²) in [7, 11) is 0. The Morgan fingerprint density at radius 3 is 2.46 bits per heavy atom. The first kappa shape index (κ1) is 8.91. The molecule has 7 nitrogen and oxygen atoms in total. The van der Waals surface area contributed by atoms with Crippen LogP contribution in [0.4, 0.5) is 17.1 Å². The lowest BCUT2D eigenvalue weighted by Crippen LogP contribution is -1.98. The second-order valence-electron chi connectivity index (χ2n) is 2.27. The Kier molecular flexibility index (Phi) is 2.09. The molecule has 68 valence electrons. The van der Waals surface area contributed by atoms with E-state index < -0.39 is 15.5 Å². The van der Waals surface area contributed by atoms with Crippen LogP contribution in [-0.4, -0.2) is 15.1 Å². The molecule has 0 aromatic heterocycles. The molecule has 0 saturated heterocycles. The van der Waals surface area contributed by atoms with Gasteiger partial charge in [-0.15, -0.1) is 0 Å². The van der Waals surface area contributed by atoms with Gasteiger partial charge in [-0.1, -0.05) is 0 Å². The van der Waals surface area contributed by atoms with E-state index in [4.69, 9.17) is 10.9 Å². The Balaban J connectivity index is 3.27. The highest BCUT2D eigenvalue weighted by atomic mass is 16.6. The molecule has 0 bridgehead atoms. The largest absolute Gasteiger partial charge is 0.393 e. The van der Waals surface area contributed by atoms with Gasteiger partial charge in [0, 0.05) is 6.07 Å². The molecule has 1 aromatic rings. The quantitative estimate of drug-likeness (QED) is 0.404. The van der Waals surface area contributed by atoms with E-state index in [1.807, 2.05) is 0 Å². The molecule has 0 radical (unpaired) electrons. The van der Waals surface area contributed by atoms with Gasteiger partial charge in [0.15, 0.2) is 0 Å². The van der Waals surface area contributed by atoms with E-state index in [2.05, 4.69) is 0 Å². The maximum absolute atomic E-state index is 10.3. The minimum absolute atomic E-state index is 0.0596. The van der Waals surface area contributed by atoms with Crippen LogP contribution in [0.5, 0.6) is 0 Å². The molecule has 0 atom stereocenters. The molecule has 0 aliphatic carbocycles. The molecule has 0 spiro atoms. The van der Waals surface area contributed by atoms with Crippen LogP contribution in [0.2, 0.25) is 0 Å². The Morgan fingerprint density at radius 1 is 1.38 bits per heavy atom. The fraction of sp³-hybridized carbons (Fsp3) is 0. The van der Waals surface area contributed by atoms with Gasteiger partial charge >= 0.3 is 5.69 Å². The average molecular weight is 184 g/mol. The summed E-state index contributed by atoms with van der Waals surface area (Å²) in [4.78, 5) is 19.5. The minimum atomic E-state index is -0.734. The van der Waals surface area contributed by atoms with Crippen LogP contribution in [0.1, 0.15) is 0 Å². The van der Waals surface area contributed by atoms with E-state index in [9.17, 15) is 15.0 Å². The van der Waals surface area contributed by atoms with E-state index in [0.717, 1.165) is 6.07 Å². The summed E-state index contributed by atoms with van der Waals surface area (Å²) in [6.45, 7) is 0. The summed E-state index contributed by atoms with van der Waals surface area (Å²) < 4.78 is 0. The van der Waals surface area contributed by atoms with Crippen LogP contribution in [0.25, 0.3) is 0 Å². The van der Waals surface area contributed by atoms with Crippen LogP contribution in [0, 0.1) is 15.0 Å². The summed E-state index contributed by atoms with van der Waals surface area (Å²) in [5.74, 6) is 0. The number of rotatable bonds is 2. The van der Waals surface area contributed by atoms with Crippen molar-refractivity contribution >= 4 is 17.1 Å². The van der Waals surface area contributed by atoms with Gasteiger partial charge in [-0.05, 0) is 6.07 Å². The van der Waals surface area contributed by atoms with Crippen molar-refractivity contribution in [1.29, 1.82) is 0 Å². The van der Waals surface area contributed by atoms with Crippen molar-refractivity contribution < 1.29 is 15.1 Å². The van der Waals surface area contributed by atoms with Gasteiger partial charge in [0.2, 0.25) is 0 Å². The number of nitrogens with zero attached hydrogens (tertiary/aromatic N) is 2. The van der Waals surface area contributed by atoms with Gasteiger partial charge in [0.05, 0.1) is 9.83 Å². The summed E-state index contributed by atoms with van der Waals surface area (Å²) in [5.41, 5.74) is 4.54. The zero-order valence-corrected chi connectivity index (χ0v) is 6.38. The van der Waals surface area contributed by atoms with E-state index in [1.165, 1.54) is 12.1 Å². The lowest BCUT2D eigenvalue weighted by atomic mass is 10.2. The van der Waals surface area contributed by atoms with Gasteiger partial charge in [0.1, 0.15) is 11.8 Å². The van der Waals surface area contributed by atoms with Crippen LogP contribution in [0.3, 0.4) is 0 Å². The van der Waals surface area contributed by atoms with Crippen molar-refractivity contribution in [2.75, 3.05) is 5.73 Å². The van der Waals surface area contributed by atoms with Crippen molar-refractivity contribution in [3.8, 4) is 0 Å². The lowest BCUT2D eigenvalue weighted by molar-refractivity contribution is -0.729. The SMILES string of the molecule is Nc1ccc([N+](=O)O)cc1[N+](=O)[O-]. The van der Waals surface area contributed by atoms with Crippen molar-refractivity contribution in [3.05, 3.63) is 33.2 Å². The molecule has 0 unspecified atom stereocenters. The molecule has 13 heavy (non-hydrogen) atoms. The fourth-order valence-electron chi connectivity index (χ4n) is 0.809. The third kappa shape index (κ3) is 1.70. The first-order valence-electron chi connectivity index (χ1n) is 3.22. The number of nitrogens with two attached hydrogens (primary N) is 1. The first-order valence-corrected chi connectivity index (χ1v) is 3.22. The molecule has 0 aliphatic heterocycles. The molecule has 7 heteroatoms. The molecule has 1 rings (SSSR count). The molecule has 3 N–H and O–H groups in total. The predicted octanol–water partition coefficient (Wildman–Crippen LogP) is 0.977. The number of nitro benzene ring substituents is 1. The number of benzene rings is 1. The molecule has 0 heterocycles. The lowest BCUT2D eigenvalue weighted by Gasteiger charge is -1.93. The van der Waals surface area contributed by atoms with Gasteiger partial charge < -0.3 is 5.73 Å². The highest BCUT2D eigenvalue weighted by molar-refractivity contribution is 5.62. The Hall–Kier alpha value is -2.18. The smallest absolute Gasteiger partial charge is 0.323 e. The van der Waals surface area contributed by atoms with Crippen molar-refractivity contribution in [2.45, 2.75) is 0 Å². The van der Waals surface area contributed by atoms with E-state index in [-0.39, 0.29) is 11.4 Å². The third-order valence-corrected chi connectivity index (χ3v) is 1.43. The second kappa shape index (κ2) is 3.05. The monoisotopic (exact) mass is 184 g/mol. The maximum atomic E-state index is 10.3. The maximum Gasteiger partial charge on any atom is 0.323 e. The zero-order chi connectivity index (χ0) is 10.0. The van der Waals surface area contributed by atoms with Crippen LogP contribution < -0.4 is 5.73 Å². The molecular weight excluding hydrogens is 178 g/mol. The van der Waals surface area contributed by atoms with Crippen molar-refractivity contribution in [3.63, 3.8) is 0 Å². The summed E-state index contributed by atoms with van der Waals surface area (Å²) in [5, 5.41) is 18.8. The molecule has 0 saturated carbocycles. The van der Waals surface area contributed by atoms with E-state index in [0.29, 0.717) is 0 Å². The fourth-order valence-corrected chi connectivity index (χ4v) is 0.809. The average Bonchev–Trinajstić information content (AvgIpc) is 2.04. The summed E-state index contributed by atoms with van der Waals surface area (Å²) in [6, 6.07) is 3.24. The van der Waals surface area contributed by atoms with Gasteiger partial charge in [0.25, 0.3) is 10.6 Å². The van der Waals surface area contributed by atoms with Crippen molar-refractivity contribution in [2.24, 2.45) is 0 Å². The first-order chi connectivity index (χ1) is 6.02. The Labute approximate surface area is 72.1 Å². The predicted molar refractivity (Wildman–Crippen MR) is 42.6 cm³/mol. The Morgan fingerprint density at radius 2 is 2.00 bits per heavy atom. The summed E-state index contributed by atoms with van der Waals surface area (Å²) in [6.07, 6.45) is 0. The number of hydrogen-bond acceptors (Lipinski definition) is 4. The molecule has 0 amide bonds. The normalized spacial score (nSPS) is 9.54. The summed E-state index contributed by atoms with van der Waals surface area (Å²) >= 11 is 0. The highest BCUT2D eigenvalue weighted by Crippen LogP contribution is 2.25. The van der Waals surface area contributed by atoms with Gasteiger partial charge in [-0.3, -0.25) is 10.1 Å². The van der Waals surface area contributed by atoms with E-state index >= 15 is 0 Å². The number of anilines is 1. The molecular formula is C6H6N3O4+. The van der Waals surface area contributed by atoms with Crippen LogP contribution in [0.15, 0.2) is 18.2 Å². The topological polar surface area (TPSA) is 109 Å². The zero-order valence-electron chi connectivity index (χ0n) is 6.38. The van der Waals surface area contributed by atoms with Crippen LogP contribution >= 0.6 is 0 Å². The Bertz CT molecular complexity index is 376. The second-order valence-corrected chi connectivity index (χ2v) is 2.27. The van der Waals surface area contributed by atoms with Gasteiger partial charge in [-0.2, -0.15) is 0 Å². The highest BCUT2D eigenvalue weighted by Gasteiger charge is 2.19. The van der Waals surface area contributed by atoms with Crippen LogP contribution in [-0.2, 0) is 0 Å². The number of hydrogen-bond donors (Lipinski definition) is 2. The number of nitrogen functional groups attached to an aromatic ring is 1. The molecule has 0 fully saturated rings.